The maximum absolute atomic E-state index is 12.8. The fraction of sp³-hybridized carbons (Fsp3) is 0.316. The molecule has 0 spiro atoms. The molecule has 2 aromatic rings. The molecule has 0 aliphatic heterocycles. The lowest BCUT2D eigenvalue weighted by Crippen LogP contribution is -2.16. The van der Waals surface area contributed by atoms with Gasteiger partial charge in [0.1, 0.15) is 5.75 Å². The summed E-state index contributed by atoms with van der Waals surface area (Å²) in [6, 6.07) is 12.3. The Morgan fingerprint density at radius 3 is 2.24 bits per heavy atom. The fourth-order valence-electron chi connectivity index (χ4n) is 3.24. The predicted molar refractivity (Wildman–Crippen MR) is 84.1 cm³/mol. The Kier molecular flexibility index (Phi) is 3.54. The summed E-state index contributed by atoms with van der Waals surface area (Å²) in [6.07, 6.45) is 1.72. The lowest BCUT2D eigenvalue weighted by molar-refractivity contribution is 0.0924. The summed E-state index contributed by atoms with van der Waals surface area (Å²) in [4.78, 5) is 12.8. The van der Waals surface area contributed by atoms with Crippen molar-refractivity contribution in [1.82, 2.24) is 0 Å². The monoisotopic (exact) mass is 280 g/mol. The number of aryl methyl sites for hydroxylation is 2. The molecule has 0 saturated carbocycles. The van der Waals surface area contributed by atoms with Crippen LogP contribution in [0.25, 0.3) is 0 Å². The topological polar surface area (TPSA) is 26.3 Å². The molecule has 0 N–H and O–H groups in total. The standard InChI is InChI=1S/C19H20O2/c1-12-9-18(21-3)13(2)8-17(12)19(20)16-10-14-6-4-5-7-15(14)11-16/h4-9,16H,10-11H2,1-3H3. The molecule has 0 heterocycles. The molecular weight excluding hydrogens is 260 g/mol. The van der Waals surface area contributed by atoms with Crippen LogP contribution in [0.1, 0.15) is 32.6 Å². The van der Waals surface area contributed by atoms with Crippen molar-refractivity contribution in [1.29, 1.82) is 0 Å². The van der Waals surface area contributed by atoms with Gasteiger partial charge >= 0.3 is 0 Å². The minimum Gasteiger partial charge on any atom is -0.496 e. The van der Waals surface area contributed by atoms with Crippen molar-refractivity contribution >= 4 is 5.78 Å². The highest BCUT2D eigenvalue weighted by atomic mass is 16.5. The maximum Gasteiger partial charge on any atom is 0.166 e. The molecule has 2 nitrogen and oxygen atoms in total. The van der Waals surface area contributed by atoms with Gasteiger partial charge in [-0.3, -0.25) is 4.79 Å². The molecule has 0 saturated heterocycles. The van der Waals surface area contributed by atoms with Crippen molar-refractivity contribution in [2.24, 2.45) is 5.92 Å². The third-order valence-electron chi connectivity index (χ3n) is 4.43. The molecule has 0 amide bonds. The van der Waals surface area contributed by atoms with Crippen molar-refractivity contribution in [2.45, 2.75) is 26.7 Å². The van der Waals surface area contributed by atoms with Gasteiger partial charge in [0.25, 0.3) is 0 Å². The summed E-state index contributed by atoms with van der Waals surface area (Å²) in [7, 11) is 1.66. The number of rotatable bonds is 3. The molecular formula is C19H20O2. The second-order valence-electron chi connectivity index (χ2n) is 5.87. The van der Waals surface area contributed by atoms with Crippen LogP contribution in [0.3, 0.4) is 0 Å². The van der Waals surface area contributed by atoms with Crippen LogP contribution in [0, 0.1) is 19.8 Å². The Morgan fingerprint density at radius 1 is 1.05 bits per heavy atom. The highest BCUT2D eigenvalue weighted by molar-refractivity contribution is 6.00. The lowest BCUT2D eigenvalue weighted by atomic mass is 9.91. The summed E-state index contributed by atoms with van der Waals surface area (Å²) in [5.41, 5.74) is 5.49. The van der Waals surface area contributed by atoms with Gasteiger partial charge in [-0.25, -0.2) is 0 Å². The van der Waals surface area contributed by atoms with Gasteiger partial charge in [0.15, 0.2) is 5.78 Å². The van der Waals surface area contributed by atoms with Crippen LogP contribution in [-0.4, -0.2) is 12.9 Å². The highest BCUT2D eigenvalue weighted by Gasteiger charge is 2.28. The van der Waals surface area contributed by atoms with Gasteiger partial charge in [0.05, 0.1) is 7.11 Å². The molecule has 0 bridgehead atoms. The van der Waals surface area contributed by atoms with Crippen molar-refractivity contribution in [3.8, 4) is 5.75 Å². The lowest BCUT2D eigenvalue weighted by Gasteiger charge is -2.13. The molecule has 2 heteroatoms. The Labute approximate surface area is 125 Å². The van der Waals surface area contributed by atoms with E-state index in [9.17, 15) is 4.79 Å². The number of fused-ring (bicyclic) bond motifs is 1. The van der Waals surface area contributed by atoms with Crippen LogP contribution in [0.2, 0.25) is 0 Å². The molecule has 0 unspecified atom stereocenters. The number of methoxy groups -OCH3 is 1. The van der Waals surface area contributed by atoms with Crippen molar-refractivity contribution < 1.29 is 9.53 Å². The van der Waals surface area contributed by atoms with Crippen LogP contribution < -0.4 is 4.74 Å². The summed E-state index contributed by atoms with van der Waals surface area (Å²) in [5, 5.41) is 0. The molecule has 108 valence electrons. The van der Waals surface area contributed by atoms with E-state index in [0.717, 1.165) is 35.3 Å². The van der Waals surface area contributed by atoms with Crippen LogP contribution in [-0.2, 0) is 12.8 Å². The number of Topliss-reactive ketones (excluding diaryl/α,β-unsaturated/α-hetero) is 1. The largest absolute Gasteiger partial charge is 0.496 e. The van der Waals surface area contributed by atoms with E-state index in [1.165, 1.54) is 11.1 Å². The van der Waals surface area contributed by atoms with Crippen LogP contribution in [0.4, 0.5) is 0 Å². The number of hydrogen-bond acceptors (Lipinski definition) is 2. The summed E-state index contributed by atoms with van der Waals surface area (Å²) < 4.78 is 5.33. The molecule has 2 aromatic carbocycles. The minimum atomic E-state index is 0.0777. The highest BCUT2D eigenvalue weighted by Crippen LogP contribution is 2.31. The van der Waals surface area contributed by atoms with E-state index in [4.69, 9.17) is 4.74 Å². The average Bonchev–Trinajstić information content (AvgIpc) is 2.92. The van der Waals surface area contributed by atoms with E-state index >= 15 is 0 Å². The third kappa shape index (κ3) is 2.46. The SMILES string of the molecule is COc1cc(C)c(C(=O)C2Cc3ccccc3C2)cc1C. The van der Waals surface area contributed by atoms with Gasteiger partial charge in [0.2, 0.25) is 0 Å². The third-order valence-corrected chi connectivity index (χ3v) is 4.43. The summed E-state index contributed by atoms with van der Waals surface area (Å²) in [6.45, 7) is 3.97. The number of ether oxygens (including phenoxy) is 1. The van der Waals surface area contributed by atoms with Gasteiger partial charge in [-0.2, -0.15) is 0 Å². The Hall–Kier alpha value is -2.09. The second kappa shape index (κ2) is 5.36. The number of hydrogen-bond donors (Lipinski definition) is 0. The molecule has 21 heavy (non-hydrogen) atoms. The zero-order valence-corrected chi connectivity index (χ0v) is 12.8. The van der Waals surface area contributed by atoms with Crippen molar-refractivity contribution in [3.63, 3.8) is 0 Å². The number of carbonyl (C=O) groups excluding carboxylic acids is 1. The molecule has 1 aliphatic rings. The molecule has 0 fully saturated rings. The van der Waals surface area contributed by atoms with Gasteiger partial charge in [-0.05, 0) is 61.1 Å². The molecule has 3 rings (SSSR count). The first-order chi connectivity index (χ1) is 10.1. The zero-order valence-electron chi connectivity index (χ0n) is 12.8. The number of carbonyl (C=O) groups is 1. The smallest absolute Gasteiger partial charge is 0.166 e. The first kappa shape index (κ1) is 13.9. The normalized spacial score (nSPS) is 14.0. The number of ketones is 1. The summed E-state index contributed by atoms with van der Waals surface area (Å²) in [5.74, 6) is 1.18. The first-order valence-electron chi connectivity index (χ1n) is 7.36. The van der Waals surface area contributed by atoms with E-state index in [2.05, 4.69) is 24.3 Å². The van der Waals surface area contributed by atoms with E-state index in [1.807, 2.05) is 26.0 Å². The zero-order chi connectivity index (χ0) is 15.0. The predicted octanol–water partition coefficient (Wildman–Crippen LogP) is 3.91. The Morgan fingerprint density at radius 2 is 1.67 bits per heavy atom. The fourth-order valence-corrected chi connectivity index (χ4v) is 3.24. The van der Waals surface area contributed by atoms with Gasteiger partial charge < -0.3 is 4.74 Å². The summed E-state index contributed by atoms with van der Waals surface area (Å²) >= 11 is 0. The van der Waals surface area contributed by atoms with E-state index in [1.54, 1.807) is 7.11 Å². The van der Waals surface area contributed by atoms with E-state index in [-0.39, 0.29) is 11.7 Å². The van der Waals surface area contributed by atoms with Crippen LogP contribution in [0.15, 0.2) is 36.4 Å². The Bertz CT molecular complexity index is 676. The molecule has 0 radical (unpaired) electrons. The first-order valence-corrected chi connectivity index (χ1v) is 7.36. The molecule has 0 atom stereocenters. The van der Waals surface area contributed by atoms with Crippen LogP contribution in [0.5, 0.6) is 5.75 Å². The number of benzene rings is 2. The van der Waals surface area contributed by atoms with Gasteiger partial charge in [0, 0.05) is 11.5 Å². The molecule has 1 aliphatic carbocycles. The minimum absolute atomic E-state index is 0.0777. The second-order valence-corrected chi connectivity index (χ2v) is 5.87. The van der Waals surface area contributed by atoms with Gasteiger partial charge in [-0.15, -0.1) is 0 Å². The van der Waals surface area contributed by atoms with Crippen molar-refractivity contribution in [3.05, 3.63) is 64.2 Å². The molecule has 0 aromatic heterocycles. The van der Waals surface area contributed by atoms with E-state index < -0.39 is 0 Å². The van der Waals surface area contributed by atoms with Gasteiger partial charge in [-0.1, -0.05) is 24.3 Å². The Balaban J connectivity index is 1.89. The van der Waals surface area contributed by atoms with Crippen LogP contribution >= 0.6 is 0 Å². The maximum atomic E-state index is 12.8. The van der Waals surface area contributed by atoms with Crippen molar-refractivity contribution in [2.75, 3.05) is 7.11 Å². The quantitative estimate of drug-likeness (QED) is 0.797. The van der Waals surface area contributed by atoms with E-state index in [0.29, 0.717) is 0 Å². The average molecular weight is 280 g/mol.